The molecule has 0 saturated heterocycles. The van der Waals surface area contributed by atoms with Crippen LogP contribution in [-0.2, 0) is 6.42 Å². The Morgan fingerprint density at radius 3 is 3.23 bits per heavy atom. The average Bonchev–Trinajstić information content (AvgIpc) is 2.61. The van der Waals surface area contributed by atoms with Crippen LogP contribution in [0.2, 0.25) is 4.34 Å². The Balaban J connectivity index is 2.26. The summed E-state index contributed by atoms with van der Waals surface area (Å²) in [5, 5.41) is 0. The van der Waals surface area contributed by atoms with E-state index in [2.05, 4.69) is 13.0 Å². The maximum absolute atomic E-state index is 5.98. The van der Waals surface area contributed by atoms with Gasteiger partial charge in [-0.15, -0.1) is 11.3 Å². The van der Waals surface area contributed by atoms with E-state index in [-0.39, 0.29) is 0 Å². The molecular weight excluding hydrogens is 202 g/mol. The number of nitrogens with two attached hydrogens (primary N) is 1. The Kier molecular flexibility index (Phi) is 2.63. The van der Waals surface area contributed by atoms with Gasteiger partial charge in [0.05, 0.1) is 4.34 Å². The van der Waals surface area contributed by atoms with E-state index in [4.69, 9.17) is 17.3 Å². The van der Waals surface area contributed by atoms with Crippen LogP contribution in [0.25, 0.3) is 0 Å². The van der Waals surface area contributed by atoms with Crippen LogP contribution in [-0.4, -0.2) is 6.54 Å². The minimum Gasteiger partial charge on any atom is -0.330 e. The van der Waals surface area contributed by atoms with Gasteiger partial charge in [0.15, 0.2) is 0 Å². The number of fused-ring (bicyclic) bond motifs is 1. The normalized spacial score (nSPS) is 23.2. The van der Waals surface area contributed by atoms with Crippen LogP contribution in [0, 0.1) is 5.92 Å². The van der Waals surface area contributed by atoms with Gasteiger partial charge in [0.2, 0.25) is 0 Å². The van der Waals surface area contributed by atoms with Crippen molar-refractivity contribution in [1.82, 2.24) is 0 Å². The molecule has 0 bridgehead atoms. The summed E-state index contributed by atoms with van der Waals surface area (Å²) in [6.07, 6.45) is 2.46. The largest absolute Gasteiger partial charge is 0.330 e. The Bertz CT molecular complexity index is 308. The van der Waals surface area contributed by atoms with Crippen molar-refractivity contribution in [2.75, 3.05) is 6.54 Å². The molecule has 2 atom stereocenters. The maximum Gasteiger partial charge on any atom is 0.0934 e. The highest BCUT2D eigenvalue weighted by Crippen LogP contribution is 2.43. The first-order chi connectivity index (χ1) is 6.22. The van der Waals surface area contributed by atoms with Crippen LogP contribution in [0.3, 0.4) is 0 Å². The van der Waals surface area contributed by atoms with Crippen molar-refractivity contribution in [2.24, 2.45) is 11.7 Å². The van der Waals surface area contributed by atoms with Gasteiger partial charge in [0, 0.05) is 4.88 Å². The smallest absolute Gasteiger partial charge is 0.0934 e. The van der Waals surface area contributed by atoms with E-state index in [9.17, 15) is 0 Å². The van der Waals surface area contributed by atoms with Gasteiger partial charge < -0.3 is 5.73 Å². The first-order valence-electron chi connectivity index (χ1n) is 4.70. The highest BCUT2D eigenvalue weighted by molar-refractivity contribution is 7.16. The lowest BCUT2D eigenvalue weighted by Crippen LogP contribution is -2.17. The third kappa shape index (κ3) is 1.63. The summed E-state index contributed by atoms with van der Waals surface area (Å²) in [5.41, 5.74) is 7.15. The van der Waals surface area contributed by atoms with Gasteiger partial charge in [0.1, 0.15) is 0 Å². The van der Waals surface area contributed by atoms with Gasteiger partial charge in [-0.25, -0.2) is 0 Å². The van der Waals surface area contributed by atoms with E-state index in [0.717, 1.165) is 10.9 Å². The lowest BCUT2D eigenvalue weighted by Gasteiger charge is -2.16. The van der Waals surface area contributed by atoms with Gasteiger partial charge >= 0.3 is 0 Å². The van der Waals surface area contributed by atoms with E-state index in [1.54, 1.807) is 11.3 Å². The standard InChI is InChI=1S/C10H14ClNS/c1-6(5-12)7-2-3-9-8(7)4-10(11)13-9/h4,6-7H,2-3,5,12H2,1H3. The number of aryl methyl sites for hydroxylation is 1. The summed E-state index contributed by atoms with van der Waals surface area (Å²) in [5.74, 6) is 1.25. The summed E-state index contributed by atoms with van der Waals surface area (Å²) < 4.78 is 0.930. The van der Waals surface area contributed by atoms with Crippen molar-refractivity contribution in [3.05, 3.63) is 20.8 Å². The molecule has 1 aliphatic carbocycles. The molecule has 1 nitrogen and oxygen atoms in total. The van der Waals surface area contributed by atoms with Crippen LogP contribution in [0.15, 0.2) is 6.07 Å². The summed E-state index contributed by atoms with van der Waals surface area (Å²) in [6.45, 7) is 3.00. The highest BCUT2D eigenvalue weighted by atomic mass is 35.5. The van der Waals surface area contributed by atoms with Crippen LogP contribution in [0.4, 0.5) is 0 Å². The lowest BCUT2D eigenvalue weighted by atomic mass is 9.90. The fourth-order valence-corrected chi connectivity index (χ4v) is 3.48. The van der Waals surface area contributed by atoms with Gasteiger partial charge in [-0.3, -0.25) is 0 Å². The molecule has 1 aromatic heterocycles. The average molecular weight is 216 g/mol. The molecule has 2 unspecified atom stereocenters. The van der Waals surface area contributed by atoms with Crippen molar-refractivity contribution in [3.8, 4) is 0 Å². The fourth-order valence-electron chi connectivity index (χ4n) is 2.12. The highest BCUT2D eigenvalue weighted by Gasteiger charge is 2.28. The molecule has 0 amide bonds. The first-order valence-corrected chi connectivity index (χ1v) is 5.90. The zero-order valence-corrected chi connectivity index (χ0v) is 9.29. The maximum atomic E-state index is 5.98. The Morgan fingerprint density at radius 2 is 2.54 bits per heavy atom. The second kappa shape index (κ2) is 3.60. The van der Waals surface area contributed by atoms with Gasteiger partial charge in [-0.2, -0.15) is 0 Å². The molecular formula is C10H14ClNS. The van der Waals surface area contributed by atoms with E-state index in [1.165, 1.54) is 23.3 Å². The van der Waals surface area contributed by atoms with E-state index in [0.29, 0.717) is 11.8 Å². The Hall–Kier alpha value is -0.0500. The third-order valence-electron chi connectivity index (χ3n) is 2.95. The third-order valence-corrected chi connectivity index (χ3v) is 4.29. The zero-order chi connectivity index (χ0) is 9.42. The second-order valence-electron chi connectivity index (χ2n) is 3.79. The molecule has 2 rings (SSSR count). The zero-order valence-electron chi connectivity index (χ0n) is 7.72. The molecule has 13 heavy (non-hydrogen) atoms. The molecule has 0 aliphatic heterocycles. The fraction of sp³-hybridized carbons (Fsp3) is 0.600. The number of halogens is 1. The predicted octanol–water partition coefficient (Wildman–Crippen LogP) is 3.03. The molecule has 2 N–H and O–H groups in total. The summed E-state index contributed by atoms with van der Waals surface area (Å²) in [4.78, 5) is 1.48. The molecule has 1 aliphatic rings. The minimum absolute atomic E-state index is 0.590. The van der Waals surface area contributed by atoms with Crippen LogP contribution in [0.1, 0.15) is 29.7 Å². The van der Waals surface area contributed by atoms with Crippen LogP contribution >= 0.6 is 22.9 Å². The Labute approximate surface area is 87.9 Å². The van der Waals surface area contributed by atoms with Gasteiger partial charge in [0.25, 0.3) is 0 Å². The van der Waals surface area contributed by atoms with Gasteiger partial charge in [-0.1, -0.05) is 18.5 Å². The quantitative estimate of drug-likeness (QED) is 0.807. The summed E-state index contributed by atoms with van der Waals surface area (Å²) in [7, 11) is 0. The molecule has 72 valence electrons. The number of hydrogen-bond acceptors (Lipinski definition) is 2. The van der Waals surface area contributed by atoms with Crippen molar-refractivity contribution >= 4 is 22.9 Å². The van der Waals surface area contributed by atoms with Crippen LogP contribution in [0.5, 0.6) is 0 Å². The number of hydrogen-bond donors (Lipinski definition) is 1. The van der Waals surface area contributed by atoms with Crippen molar-refractivity contribution in [2.45, 2.75) is 25.7 Å². The SMILES string of the molecule is CC(CN)C1CCc2sc(Cl)cc21. The molecule has 0 aromatic carbocycles. The topological polar surface area (TPSA) is 26.0 Å². The first kappa shape index (κ1) is 9.50. The lowest BCUT2D eigenvalue weighted by molar-refractivity contribution is 0.466. The number of thiophene rings is 1. The predicted molar refractivity (Wildman–Crippen MR) is 58.6 cm³/mol. The minimum atomic E-state index is 0.590. The summed E-state index contributed by atoms with van der Waals surface area (Å²) in [6, 6.07) is 2.13. The van der Waals surface area contributed by atoms with E-state index < -0.39 is 0 Å². The molecule has 0 radical (unpaired) electrons. The molecule has 0 fully saturated rings. The molecule has 0 spiro atoms. The van der Waals surface area contributed by atoms with Crippen molar-refractivity contribution in [3.63, 3.8) is 0 Å². The van der Waals surface area contributed by atoms with Crippen LogP contribution < -0.4 is 5.73 Å². The monoisotopic (exact) mass is 215 g/mol. The van der Waals surface area contributed by atoms with Crippen molar-refractivity contribution < 1.29 is 0 Å². The summed E-state index contributed by atoms with van der Waals surface area (Å²) >= 11 is 7.71. The second-order valence-corrected chi connectivity index (χ2v) is 5.56. The molecule has 3 heteroatoms. The van der Waals surface area contributed by atoms with E-state index in [1.807, 2.05) is 0 Å². The Morgan fingerprint density at radius 1 is 1.77 bits per heavy atom. The molecule has 1 heterocycles. The molecule has 0 saturated carbocycles. The van der Waals surface area contributed by atoms with E-state index >= 15 is 0 Å². The van der Waals surface area contributed by atoms with Crippen molar-refractivity contribution in [1.29, 1.82) is 0 Å². The van der Waals surface area contributed by atoms with Gasteiger partial charge in [-0.05, 0) is 42.9 Å². The number of rotatable bonds is 2. The molecule has 1 aromatic rings.